The van der Waals surface area contributed by atoms with Crippen LogP contribution in [0, 0.1) is 5.92 Å². The second kappa shape index (κ2) is 13.4. The van der Waals surface area contributed by atoms with E-state index in [1.807, 2.05) is 13.8 Å². The number of amides is 4. The number of urea groups is 1. The van der Waals surface area contributed by atoms with Crippen LogP contribution in [0.15, 0.2) is 42.6 Å². The number of aromatic nitrogens is 1. The number of benzene rings is 1. The standard InChI is InChI=1S/C26H34N6O6/c1-15(2)21-14-38-10-9-28-23(33)18-6-3-16(4-7-18)11-19(24(34)30-21)31-26(37)32-20(25(35)36)12-17-5-8-22(27)29-13-17/h3-8,13,15,19-21H,9-12,14H2,1-2H3,(H2,27,29)(H,28,33)(H,30,34)(H,35,36)(H2,31,32,37)/t19-,20?,21-/m1/s1. The Morgan fingerprint density at radius 2 is 1.92 bits per heavy atom. The SMILES string of the molecule is CC(C)[C@H]1COCCNC(=O)c2ccc(cc2)C[C@@H](NC(=O)NC(Cc2ccc(N)nc2)C(=O)O)C(=O)N1. The molecule has 2 aromatic rings. The van der Waals surface area contributed by atoms with Gasteiger partial charge in [-0.25, -0.2) is 14.6 Å². The number of carboxylic acid groups (broad SMARTS) is 1. The Kier molecular flexibility index (Phi) is 9.99. The summed E-state index contributed by atoms with van der Waals surface area (Å²) in [5.41, 5.74) is 7.31. The van der Waals surface area contributed by atoms with Gasteiger partial charge in [-0.3, -0.25) is 9.59 Å². The molecule has 204 valence electrons. The smallest absolute Gasteiger partial charge is 0.326 e. The van der Waals surface area contributed by atoms with Crippen molar-refractivity contribution in [1.82, 2.24) is 26.3 Å². The molecule has 3 atom stereocenters. The molecule has 3 heterocycles. The van der Waals surface area contributed by atoms with Gasteiger partial charge in [0.15, 0.2) is 0 Å². The van der Waals surface area contributed by atoms with Gasteiger partial charge in [-0.2, -0.15) is 0 Å². The van der Waals surface area contributed by atoms with E-state index in [0.717, 1.165) is 0 Å². The first-order valence-corrected chi connectivity index (χ1v) is 12.4. The molecule has 2 aliphatic rings. The molecule has 2 bridgehead atoms. The van der Waals surface area contributed by atoms with Gasteiger partial charge in [0.2, 0.25) is 5.91 Å². The molecular formula is C26H34N6O6. The van der Waals surface area contributed by atoms with Crippen molar-refractivity contribution < 1.29 is 29.0 Å². The van der Waals surface area contributed by atoms with Crippen molar-refractivity contribution in [3.63, 3.8) is 0 Å². The van der Waals surface area contributed by atoms with Crippen LogP contribution in [-0.2, 0) is 27.2 Å². The third kappa shape index (κ3) is 8.44. The molecule has 0 fully saturated rings. The lowest BCUT2D eigenvalue weighted by Gasteiger charge is -2.26. The van der Waals surface area contributed by atoms with E-state index in [1.165, 1.54) is 6.20 Å². The zero-order valence-corrected chi connectivity index (χ0v) is 21.4. The number of hydrogen-bond donors (Lipinski definition) is 6. The highest BCUT2D eigenvalue weighted by Gasteiger charge is 2.28. The van der Waals surface area contributed by atoms with Gasteiger partial charge < -0.3 is 36.8 Å². The number of ether oxygens (including phenoxy) is 1. The molecule has 4 rings (SSSR count). The quantitative estimate of drug-likeness (QED) is 0.293. The summed E-state index contributed by atoms with van der Waals surface area (Å²) in [6.07, 6.45) is 1.53. The highest BCUT2D eigenvalue weighted by atomic mass is 16.5. The van der Waals surface area contributed by atoms with Crippen molar-refractivity contribution in [3.05, 3.63) is 59.3 Å². The number of aliphatic carboxylic acids is 1. The van der Waals surface area contributed by atoms with Crippen molar-refractivity contribution >= 4 is 29.6 Å². The van der Waals surface area contributed by atoms with Crippen molar-refractivity contribution in [2.45, 2.75) is 44.8 Å². The van der Waals surface area contributed by atoms with Crippen LogP contribution in [0.3, 0.4) is 0 Å². The van der Waals surface area contributed by atoms with E-state index in [0.29, 0.717) is 29.1 Å². The molecule has 1 unspecified atom stereocenters. The second-order valence-electron chi connectivity index (χ2n) is 9.45. The topological polar surface area (TPSA) is 185 Å². The normalized spacial score (nSPS) is 19.4. The van der Waals surface area contributed by atoms with Crippen LogP contribution >= 0.6 is 0 Å². The molecule has 0 radical (unpaired) electrons. The van der Waals surface area contributed by atoms with E-state index in [-0.39, 0.29) is 43.9 Å². The first kappa shape index (κ1) is 28.4. The average Bonchev–Trinajstić information content (AvgIpc) is 2.88. The molecule has 0 saturated carbocycles. The maximum absolute atomic E-state index is 13.3. The van der Waals surface area contributed by atoms with Crippen LogP contribution in [0.2, 0.25) is 0 Å². The molecule has 12 nitrogen and oxygen atoms in total. The molecule has 1 aromatic heterocycles. The van der Waals surface area contributed by atoms with Crippen LogP contribution < -0.4 is 27.0 Å². The van der Waals surface area contributed by atoms with Crippen LogP contribution in [0.25, 0.3) is 0 Å². The number of pyridine rings is 1. The first-order chi connectivity index (χ1) is 18.1. The largest absolute Gasteiger partial charge is 0.480 e. The summed E-state index contributed by atoms with van der Waals surface area (Å²) in [7, 11) is 0. The Balaban J connectivity index is 1.77. The lowest BCUT2D eigenvalue weighted by molar-refractivity contribution is -0.139. The van der Waals surface area contributed by atoms with Gasteiger partial charge in [-0.05, 0) is 35.2 Å². The molecule has 38 heavy (non-hydrogen) atoms. The fourth-order valence-corrected chi connectivity index (χ4v) is 3.82. The van der Waals surface area contributed by atoms with Crippen LogP contribution in [-0.4, -0.2) is 71.8 Å². The summed E-state index contributed by atoms with van der Waals surface area (Å²) in [5, 5.41) is 20.4. The number of nitrogens with one attached hydrogen (secondary N) is 4. The summed E-state index contributed by atoms with van der Waals surface area (Å²) >= 11 is 0. The molecule has 2 aliphatic heterocycles. The first-order valence-electron chi connectivity index (χ1n) is 12.4. The van der Waals surface area contributed by atoms with Gasteiger partial charge in [-0.15, -0.1) is 0 Å². The van der Waals surface area contributed by atoms with Crippen LogP contribution in [0.5, 0.6) is 0 Å². The lowest BCUT2D eigenvalue weighted by Crippen LogP contribution is -2.56. The number of carboxylic acids is 1. The molecule has 0 spiro atoms. The van der Waals surface area contributed by atoms with Crippen molar-refractivity contribution in [3.8, 4) is 0 Å². The van der Waals surface area contributed by atoms with E-state index >= 15 is 0 Å². The van der Waals surface area contributed by atoms with Crippen molar-refractivity contribution in [2.75, 3.05) is 25.5 Å². The van der Waals surface area contributed by atoms with Gasteiger partial charge in [0, 0.05) is 31.1 Å². The second-order valence-corrected chi connectivity index (χ2v) is 9.45. The fourth-order valence-electron chi connectivity index (χ4n) is 3.82. The number of nitrogens with two attached hydrogens (primary N) is 1. The number of anilines is 1. The maximum Gasteiger partial charge on any atom is 0.326 e. The van der Waals surface area contributed by atoms with E-state index in [1.54, 1.807) is 36.4 Å². The van der Waals surface area contributed by atoms with Gasteiger partial charge >= 0.3 is 12.0 Å². The van der Waals surface area contributed by atoms with Gasteiger partial charge in [-0.1, -0.05) is 32.0 Å². The molecule has 7 N–H and O–H groups in total. The maximum atomic E-state index is 13.3. The van der Waals surface area contributed by atoms with Crippen molar-refractivity contribution in [1.29, 1.82) is 0 Å². The predicted molar refractivity (Wildman–Crippen MR) is 139 cm³/mol. The number of carbonyl (C=O) groups excluding carboxylic acids is 3. The minimum absolute atomic E-state index is 0.0246. The third-order valence-electron chi connectivity index (χ3n) is 6.13. The summed E-state index contributed by atoms with van der Waals surface area (Å²) in [6, 6.07) is 6.42. The average molecular weight is 527 g/mol. The Morgan fingerprint density at radius 1 is 1.18 bits per heavy atom. The Hall–Kier alpha value is -4.19. The van der Waals surface area contributed by atoms with Gasteiger partial charge in [0.25, 0.3) is 5.91 Å². The zero-order valence-electron chi connectivity index (χ0n) is 21.4. The van der Waals surface area contributed by atoms with E-state index in [2.05, 4.69) is 26.3 Å². The molecule has 12 heteroatoms. The number of nitrogen functional groups attached to an aromatic ring is 1. The number of fused-ring (bicyclic) bond motifs is 12. The monoisotopic (exact) mass is 526 g/mol. The van der Waals surface area contributed by atoms with E-state index in [4.69, 9.17) is 10.5 Å². The van der Waals surface area contributed by atoms with Gasteiger partial charge in [0.1, 0.15) is 17.9 Å². The summed E-state index contributed by atoms with van der Waals surface area (Å²) in [4.78, 5) is 54.3. The highest BCUT2D eigenvalue weighted by Crippen LogP contribution is 2.11. The lowest BCUT2D eigenvalue weighted by atomic mass is 10.0. The van der Waals surface area contributed by atoms with Crippen molar-refractivity contribution in [2.24, 2.45) is 5.92 Å². The summed E-state index contributed by atoms with van der Waals surface area (Å²) in [5.74, 6) is -1.60. The molecule has 0 saturated heterocycles. The highest BCUT2D eigenvalue weighted by molar-refractivity contribution is 5.94. The Bertz CT molecular complexity index is 1120. The number of nitrogens with zero attached hydrogens (tertiary/aromatic N) is 1. The Morgan fingerprint density at radius 3 is 2.55 bits per heavy atom. The third-order valence-corrected chi connectivity index (χ3v) is 6.13. The van der Waals surface area contributed by atoms with Crippen LogP contribution in [0.1, 0.15) is 35.3 Å². The minimum atomic E-state index is -1.26. The number of rotatable bonds is 6. The summed E-state index contributed by atoms with van der Waals surface area (Å²) < 4.78 is 5.66. The molecule has 0 aliphatic carbocycles. The minimum Gasteiger partial charge on any atom is -0.480 e. The summed E-state index contributed by atoms with van der Waals surface area (Å²) in [6.45, 7) is 4.68. The zero-order chi connectivity index (χ0) is 27.7. The molecular weight excluding hydrogens is 492 g/mol. The molecule has 1 aromatic carbocycles. The predicted octanol–water partition coefficient (Wildman–Crippen LogP) is 0.471. The van der Waals surface area contributed by atoms with Crippen LogP contribution in [0.4, 0.5) is 10.6 Å². The van der Waals surface area contributed by atoms with E-state index in [9.17, 15) is 24.3 Å². The molecule has 4 amide bonds. The fraction of sp³-hybridized carbons (Fsp3) is 0.423. The number of hydrogen-bond acceptors (Lipinski definition) is 7. The van der Waals surface area contributed by atoms with E-state index < -0.39 is 30.0 Å². The number of carbonyl (C=O) groups is 4. The Labute approximate surface area is 220 Å². The van der Waals surface area contributed by atoms with Gasteiger partial charge in [0.05, 0.1) is 19.3 Å².